The molecule has 0 aliphatic heterocycles. The summed E-state index contributed by atoms with van der Waals surface area (Å²) < 4.78 is 4.42. The number of ether oxygens (including phenoxy) is 1. The molecule has 19 heavy (non-hydrogen) atoms. The Morgan fingerprint density at radius 3 is 2.37 bits per heavy atom. The van der Waals surface area contributed by atoms with Crippen molar-refractivity contribution >= 4 is 17.8 Å². The minimum Gasteiger partial charge on any atom is -0.480 e. The number of carbonyl (C=O) groups excluding carboxylic acids is 2. The number of rotatable bonds is 9. The Bertz CT molecular complexity index is 317. The molecule has 2 atom stereocenters. The van der Waals surface area contributed by atoms with Gasteiger partial charge in [0.05, 0.1) is 7.11 Å². The second-order valence-corrected chi connectivity index (χ2v) is 4.44. The second-order valence-electron chi connectivity index (χ2n) is 4.44. The van der Waals surface area contributed by atoms with Crippen molar-refractivity contribution in [3.05, 3.63) is 0 Å². The minimum absolute atomic E-state index is 0.0149. The highest BCUT2D eigenvalue weighted by Crippen LogP contribution is 2.03. The summed E-state index contributed by atoms with van der Waals surface area (Å²) in [7, 11) is 1.23. The Morgan fingerprint density at radius 2 is 1.89 bits per heavy atom. The molecule has 0 aliphatic carbocycles. The summed E-state index contributed by atoms with van der Waals surface area (Å²) in [5.41, 5.74) is 5.55. The van der Waals surface area contributed by atoms with E-state index in [0.717, 1.165) is 0 Å². The summed E-state index contributed by atoms with van der Waals surface area (Å²) >= 11 is 0. The molecule has 0 aromatic carbocycles. The number of carboxylic acid groups (broad SMARTS) is 1. The van der Waals surface area contributed by atoms with Crippen molar-refractivity contribution in [2.24, 2.45) is 5.73 Å². The lowest BCUT2D eigenvalue weighted by Gasteiger charge is -2.14. The maximum absolute atomic E-state index is 11.5. The van der Waals surface area contributed by atoms with Crippen LogP contribution in [0.25, 0.3) is 0 Å². The summed E-state index contributed by atoms with van der Waals surface area (Å²) in [5.74, 6) is -2.01. The monoisotopic (exact) mass is 274 g/mol. The standard InChI is InChI=1S/C12H22N2O5/c1-8(13)4-3-5-10(15)14-9(12(17)18)6-7-11(16)19-2/h8-9H,3-7,13H2,1-2H3,(H,14,15)(H,17,18)/t8?,9-/m1/s1. The third-order valence-electron chi connectivity index (χ3n) is 2.56. The fourth-order valence-electron chi connectivity index (χ4n) is 1.47. The third kappa shape index (κ3) is 9.01. The van der Waals surface area contributed by atoms with Gasteiger partial charge in [0, 0.05) is 18.9 Å². The molecule has 0 spiro atoms. The molecule has 4 N–H and O–H groups in total. The van der Waals surface area contributed by atoms with Gasteiger partial charge in [-0.25, -0.2) is 4.79 Å². The molecule has 110 valence electrons. The van der Waals surface area contributed by atoms with Gasteiger partial charge in [0.1, 0.15) is 6.04 Å². The number of esters is 1. The Kier molecular flexibility index (Phi) is 8.52. The van der Waals surface area contributed by atoms with Crippen molar-refractivity contribution in [1.82, 2.24) is 5.32 Å². The molecule has 0 aliphatic rings. The van der Waals surface area contributed by atoms with Crippen molar-refractivity contribution in [2.45, 2.75) is 51.1 Å². The molecule has 0 saturated heterocycles. The highest BCUT2D eigenvalue weighted by molar-refractivity contribution is 5.83. The Morgan fingerprint density at radius 1 is 1.26 bits per heavy atom. The van der Waals surface area contributed by atoms with Gasteiger partial charge < -0.3 is 20.9 Å². The Balaban J connectivity index is 4.08. The van der Waals surface area contributed by atoms with E-state index >= 15 is 0 Å². The number of methoxy groups -OCH3 is 1. The van der Waals surface area contributed by atoms with Gasteiger partial charge in [-0.2, -0.15) is 0 Å². The number of hydrogen-bond donors (Lipinski definition) is 3. The molecule has 7 nitrogen and oxygen atoms in total. The van der Waals surface area contributed by atoms with Crippen LogP contribution < -0.4 is 11.1 Å². The number of amides is 1. The zero-order valence-electron chi connectivity index (χ0n) is 11.3. The van der Waals surface area contributed by atoms with Crippen molar-refractivity contribution in [1.29, 1.82) is 0 Å². The van der Waals surface area contributed by atoms with Crippen molar-refractivity contribution < 1.29 is 24.2 Å². The highest BCUT2D eigenvalue weighted by Gasteiger charge is 2.20. The summed E-state index contributed by atoms with van der Waals surface area (Å²) in [4.78, 5) is 33.4. The summed E-state index contributed by atoms with van der Waals surface area (Å²) in [6, 6.07) is -1.05. The predicted octanol–water partition coefficient (Wildman–Crippen LogP) is 0.0265. The molecular weight excluding hydrogens is 252 g/mol. The fourth-order valence-corrected chi connectivity index (χ4v) is 1.47. The quantitative estimate of drug-likeness (QED) is 0.510. The van der Waals surface area contributed by atoms with E-state index in [0.29, 0.717) is 12.8 Å². The summed E-state index contributed by atoms with van der Waals surface area (Å²) in [6.45, 7) is 1.84. The lowest BCUT2D eigenvalue weighted by atomic mass is 10.1. The lowest BCUT2D eigenvalue weighted by molar-refractivity contribution is -0.144. The molecule has 0 heterocycles. The van der Waals surface area contributed by atoms with Gasteiger partial charge in [0.25, 0.3) is 0 Å². The van der Waals surface area contributed by atoms with Gasteiger partial charge in [-0.1, -0.05) is 0 Å². The zero-order valence-corrected chi connectivity index (χ0v) is 11.3. The van der Waals surface area contributed by atoms with Crippen LogP contribution in [0.3, 0.4) is 0 Å². The van der Waals surface area contributed by atoms with E-state index in [4.69, 9.17) is 10.8 Å². The van der Waals surface area contributed by atoms with E-state index in [1.54, 1.807) is 0 Å². The van der Waals surface area contributed by atoms with Gasteiger partial charge in [-0.15, -0.1) is 0 Å². The second kappa shape index (κ2) is 9.32. The third-order valence-corrected chi connectivity index (χ3v) is 2.56. The molecule has 0 saturated carbocycles. The van der Waals surface area contributed by atoms with Gasteiger partial charge in [-0.05, 0) is 26.2 Å². The molecule has 0 aromatic heterocycles. The fraction of sp³-hybridized carbons (Fsp3) is 0.750. The number of nitrogens with one attached hydrogen (secondary N) is 1. The van der Waals surface area contributed by atoms with Crippen LogP contribution in [0.15, 0.2) is 0 Å². The smallest absolute Gasteiger partial charge is 0.326 e. The number of nitrogens with two attached hydrogens (primary N) is 1. The average molecular weight is 274 g/mol. The van der Waals surface area contributed by atoms with E-state index < -0.39 is 18.0 Å². The van der Waals surface area contributed by atoms with E-state index in [9.17, 15) is 14.4 Å². The van der Waals surface area contributed by atoms with Gasteiger partial charge >= 0.3 is 11.9 Å². The van der Waals surface area contributed by atoms with Crippen LogP contribution in [0.4, 0.5) is 0 Å². The van der Waals surface area contributed by atoms with Crippen LogP contribution in [0, 0.1) is 0 Å². The predicted molar refractivity (Wildman–Crippen MR) is 68.3 cm³/mol. The molecule has 0 rings (SSSR count). The molecular formula is C12H22N2O5. The SMILES string of the molecule is COC(=O)CC[C@@H](NC(=O)CCCC(C)N)C(=O)O. The van der Waals surface area contributed by atoms with E-state index in [1.807, 2.05) is 6.92 Å². The molecule has 7 heteroatoms. The van der Waals surface area contributed by atoms with Gasteiger partial charge in [-0.3, -0.25) is 9.59 Å². The average Bonchev–Trinajstić information content (AvgIpc) is 2.33. The maximum Gasteiger partial charge on any atom is 0.326 e. The number of hydrogen-bond acceptors (Lipinski definition) is 5. The summed E-state index contributed by atoms with van der Waals surface area (Å²) in [5, 5.41) is 11.3. The van der Waals surface area contributed by atoms with E-state index in [-0.39, 0.29) is 31.2 Å². The molecule has 0 fully saturated rings. The Labute approximate surface area is 112 Å². The van der Waals surface area contributed by atoms with E-state index in [1.165, 1.54) is 7.11 Å². The van der Waals surface area contributed by atoms with Crippen LogP contribution in [0.1, 0.15) is 39.0 Å². The highest BCUT2D eigenvalue weighted by atomic mass is 16.5. The van der Waals surface area contributed by atoms with Gasteiger partial charge in [0.15, 0.2) is 0 Å². The molecule has 1 unspecified atom stereocenters. The zero-order chi connectivity index (χ0) is 14.8. The first kappa shape index (κ1) is 17.4. The number of aliphatic carboxylic acids is 1. The van der Waals surface area contributed by atoms with Crippen molar-refractivity contribution in [3.63, 3.8) is 0 Å². The van der Waals surface area contributed by atoms with Crippen LogP contribution >= 0.6 is 0 Å². The summed E-state index contributed by atoms with van der Waals surface area (Å²) in [6.07, 6.45) is 1.50. The van der Waals surface area contributed by atoms with Crippen molar-refractivity contribution in [2.75, 3.05) is 7.11 Å². The van der Waals surface area contributed by atoms with Crippen LogP contribution in [0.5, 0.6) is 0 Å². The first-order valence-electron chi connectivity index (χ1n) is 6.21. The molecule has 0 aromatic rings. The maximum atomic E-state index is 11.5. The van der Waals surface area contributed by atoms with Crippen molar-refractivity contribution in [3.8, 4) is 0 Å². The van der Waals surface area contributed by atoms with Crippen LogP contribution in [0.2, 0.25) is 0 Å². The topological polar surface area (TPSA) is 119 Å². The first-order chi connectivity index (χ1) is 8.86. The molecule has 0 radical (unpaired) electrons. The van der Waals surface area contributed by atoms with Gasteiger partial charge in [0.2, 0.25) is 5.91 Å². The first-order valence-corrected chi connectivity index (χ1v) is 6.21. The largest absolute Gasteiger partial charge is 0.480 e. The number of carbonyl (C=O) groups is 3. The van der Waals surface area contributed by atoms with Crippen LogP contribution in [-0.4, -0.2) is 42.1 Å². The normalized spacial score (nSPS) is 13.4. The number of carboxylic acids is 1. The Hall–Kier alpha value is -1.63. The minimum atomic E-state index is -1.16. The van der Waals surface area contributed by atoms with Crippen LogP contribution in [-0.2, 0) is 19.1 Å². The molecule has 1 amide bonds. The molecule has 0 bridgehead atoms. The van der Waals surface area contributed by atoms with E-state index in [2.05, 4.69) is 10.1 Å². The lowest BCUT2D eigenvalue weighted by Crippen LogP contribution is -2.41.